The second-order valence-corrected chi connectivity index (χ2v) is 6.15. The summed E-state index contributed by atoms with van der Waals surface area (Å²) in [6.45, 7) is 1.90. The lowest BCUT2D eigenvalue weighted by atomic mass is 10.2. The van der Waals surface area contributed by atoms with E-state index >= 15 is 0 Å². The SMILES string of the molecule is Cc1c(C(=O)N(C)c2ccccc2)cnn1-c1ccc(Br)cc1. The van der Waals surface area contributed by atoms with Crippen LogP contribution in [0.15, 0.2) is 65.3 Å². The third-order valence-corrected chi connectivity index (χ3v) is 4.29. The number of rotatable bonds is 3. The van der Waals surface area contributed by atoms with E-state index in [9.17, 15) is 4.79 Å². The van der Waals surface area contributed by atoms with Crippen LogP contribution in [0.3, 0.4) is 0 Å². The van der Waals surface area contributed by atoms with E-state index in [0.29, 0.717) is 5.56 Å². The number of benzene rings is 2. The van der Waals surface area contributed by atoms with Gasteiger partial charge in [0, 0.05) is 17.2 Å². The molecule has 5 heteroatoms. The molecule has 1 heterocycles. The maximum absolute atomic E-state index is 12.7. The van der Waals surface area contributed by atoms with Crippen molar-refractivity contribution in [2.75, 3.05) is 11.9 Å². The molecule has 0 saturated heterocycles. The van der Waals surface area contributed by atoms with Crippen molar-refractivity contribution in [1.82, 2.24) is 9.78 Å². The Morgan fingerprint density at radius 2 is 1.74 bits per heavy atom. The highest BCUT2D eigenvalue weighted by Crippen LogP contribution is 2.20. The van der Waals surface area contributed by atoms with Gasteiger partial charge < -0.3 is 4.90 Å². The summed E-state index contributed by atoms with van der Waals surface area (Å²) in [5.41, 5.74) is 3.19. The van der Waals surface area contributed by atoms with E-state index in [1.807, 2.05) is 61.5 Å². The van der Waals surface area contributed by atoms with Crippen molar-refractivity contribution in [2.45, 2.75) is 6.92 Å². The van der Waals surface area contributed by atoms with Crippen LogP contribution in [0, 0.1) is 6.92 Å². The summed E-state index contributed by atoms with van der Waals surface area (Å²) in [6.07, 6.45) is 1.62. The van der Waals surface area contributed by atoms with E-state index in [2.05, 4.69) is 21.0 Å². The van der Waals surface area contributed by atoms with Gasteiger partial charge in [-0.1, -0.05) is 34.1 Å². The number of para-hydroxylation sites is 1. The fraction of sp³-hybridized carbons (Fsp3) is 0.111. The molecule has 0 saturated carbocycles. The molecule has 116 valence electrons. The number of hydrogen-bond acceptors (Lipinski definition) is 2. The summed E-state index contributed by atoms with van der Waals surface area (Å²) in [5.74, 6) is -0.0722. The number of nitrogens with zero attached hydrogens (tertiary/aromatic N) is 3. The quantitative estimate of drug-likeness (QED) is 0.693. The second-order valence-electron chi connectivity index (χ2n) is 5.23. The van der Waals surface area contributed by atoms with E-state index in [4.69, 9.17) is 0 Å². The van der Waals surface area contributed by atoms with Crippen molar-refractivity contribution in [1.29, 1.82) is 0 Å². The Kier molecular flexibility index (Phi) is 4.30. The van der Waals surface area contributed by atoms with Crippen LogP contribution in [0.25, 0.3) is 5.69 Å². The number of hydrogen-bond donors (Lipinski definition) is 0. The molecule has 23 heavy (non-hydrogen) atoms. The van der Waals surface area contributed by atoms with Crippen molar-refractivity contribution < 1.29 is 4.79 Å². The molecule has 1 amide bonds. The third kappa shape index (κ3) is 3.05. The Morgan fingerprint density at radius 1 is 1.09 bits per heavy atom. The molecule has 0 aliphatic heterocycles. The molecule has 0 aliphatic rings. The molecule has 1 aromatic heterocycles. The van der Waals surface area contributed by atoms with Crippen molar-refractivity contribution in [3.05, 3.63) is 76.5 Å². The summed E-state index contributed by atoms with van der Waals surface area (Å²) < 4.78 is 2.78. The predicted octanol–water partition coefficient (Wildman–Crippen LogP) is 4.22. The van der Waals surface area contributed by atoms with Crippen molar-refractivity contribution in [3.63, 3.8) is 0 Å². The van der Waals surface area contributed by atoms with Gasteiger partial charge in [-0.3, -0.25) is 4.79 Å². The summed E-state index contributed by atoms with van der Waals surface area (Å²) in [5, 5.41) is 4.37. The van der Waals surface area contributed by atoms with Crippen LogP contribution in [0.1, 0.15) is 16.1 Å². The van der Waals surface area contributed by atoms with Crippen molar-refractivity contribution in [3.8, 4) is 5.69 Å². The average Bonchev–Trinajstić information content (AvgIpc) is 2.96. The maximum atomic E-state index is 12.7. The second kappa shape index (κ2) is 6.38. The molecule has 0 atom stereocenters. The zero-order valence-corrected chi connectivity index (χ0v) is 14.5. The molecule has 0 unspecified atom stereocenters. The van der Waals surface area contributed by atoms with Gasteiger partial charge in [0.05, 0.1) is 23.1 Å². The highest BCUT2D eigenvalue weighted by atomic mass is 79.9. The molecule has 0 aliphatic carbocycles. The molecule has 3 aromatic rings. The van der Waals surface area contributed by atoms with E-state index in [0.717, 1.165) is 21.5 Å². The van der Waals surface area contributed by atoms with Crippen molar-refractivity contribution >= 4 is 27.5 Å². The Hall–Kier alpha value is -2.40. The topological polar surface area (TPSA) is 38.1 Å². The highest BCUT2D eigenvalue weighted by Gasteiger charge is 2.19. The van der Waals surface area contributed by atoms with E-state index < -0.39 is 0 Å². The molecule has 0 radical (unpaired) electrons. The standard InChI is InChI=1S/C18H16BrN3O/c1-13-17(18(23)21(2)15-6-4-3-5-7-15)12-20-22(13)16-10-8-14(19)9-11-16/h3-12H,1-2H3. The van der Waals surface area contributed by atoms with Crippen LogP contribution >= 0.6 is 15.9 Å². The minimum Gasteiger partial charge on any atom is -0.311 e. The van der Waals surface area contributed by atoms with Gasteiger partial charge in [0.2, 0.25) is 0 Å². The van der Waals surface area contributed by atoms with Gasteiger partial charge in [0.25, 0.3) is 5.91 Å². The van der Waals surface area contributed by atoms with Crippen LogP contribution in [0.4, 0.5) is 5.69 Å². The number of carbonyl (C=O) groups is 1. The minimum absolute atomic E-state index is 0.0722. The number of halogens is 1. The number of carbonyl (C=O) groups excluding carboxylic acids is 1. The maximum Gasteiger partial charge on any atom is 0.261 e. The summed E-state index contributed by atoms with van der Waals surface area (Å²) in [4.78, 5) is 14.4. The van der Waals surface area contributed by atoms with Crippen LogP contribution in [0.2, 0.25) is 0 Å². The van der Waals surface area contributed by atoms with Gasteiger partial charge >= 0.3 is 0 Å². The van der Waals surface area contributed by atoms with Crippen LogP contribution in [-0.4, -0.2) is 22.7 Å². The van der Waals surface area contributed by atoms with Gasteiger partial charge in [-0.15, -0.1) is 0 Å². The molecule has 2 aromatic carbocycles. The first-order valence-corrected chi connectivity index (χ1v) is 8.01. The third-order valence-electron chi connectivity index (χ3n) is 3.76. The Labute approximate surface area is 143 Å². The normalized spacial score (nSPS) is 10.6. The molecule has 4 nitrogen and oxygen atoms in total. The van der Waals surface area contributed by atoms with Gasteiger partial charge in [0.1, 0.15) is 0 Å². The van der Waals surface area contributed by atoms with Gasteiger partial charge in [0.15, 0.2) is 0 Å². The molecule has 0 spiro atoms. The lowest BCUT2D eigenvalue weighted by Gasteiger charge is -2.17. The minimum atomic E-state index is -0.0722. The summed E-state index contributed by atoms with van der Waals surface area (Å²) in [6, 6.07) is 17.4. The number of anilines is 1. The lowest BCUT2D eigenvalue weighted by molar-refractivity contribution is 0.0992. The zero-order chi connectivity index (χ0) is 16.4. The molecule has 0 N–H and O–H groups in total. The van der Waals surface area contributed by atoms with E-state index in [1.54, 1.807) is 22.8 Å². The largest absolute Gasteiger partial charge is 0.311 e. The van der Waals surface area contributed by atoms with Crippen LogP contribution in [0.5, 0.6) is 0 Å². The highest BCUT2D eigenvalue weighted by molar-refractivity contribution is 9.10. The molecular weight excluding hydrogens is 354 g/mol. The van der Waals surface area contributed by atoms with Crippen LogP contribution in [-0.2, 0) is 0 Å². The summed E-state index contributed by atoms with van der Waals surface area (Å²) >= 11 is 3.42. The average molecular weight is 370 g/mol. The number of aromatic nitrogens is 2. The first kappa shape index (κ1) is 15.5. The first-order chi connectivity index (χ1) is 11.1. The smallest absolute Gasteiger partial charge is 0.261 e. The number of amides is 1. The first-order valence-electron chi connectivity index (χ1n) is 7.21. The van der Waals surface area contributed by atoms with Gasteiger partial charge in [-0.2, -0.15) is 5.10 Å². The fourth-order valence-corrected chi connectivity index (χ4v) is 2.68. The Morgan fingerprint density at radius 3 is 2.39 bits per heavy atom. The molecule has 3 rings (SSSR count). The fourth-order valence-electron chi connectivity index (χ4n) is 2.41. The monoisotopic (exact) mass is 369 g/mol. The van der Waals surface area contributed by atoms with E-state index in [-0.39, 0.29) is 5.91 Å². The van der Waals surface area contributed by atoms with Crippen molar-refractivity contribution in [2.24, 2.45) is 0 Å². The predicted molar refractivity (Wildman–Crippen MR) is 95.2 cm³/mol. The Balaban J connectivity index is 1.92. The van der Waals surface area contributed by atoms with E-state index in [1.165, 1.54) is 0 Å². The summed E-state index contributed by atoms with van der Waals surface area (Å²) in [7, 11) is 1.77. The van der Waals surface area contributed by atoms with Gasteiger partial charge in [-0.25, -0.2) is 4.68 Å². The molecular formula is C18H16BrN3O. The van der Waals surface area contributed by atoms with Crippen LogP contribution < -0.4 is 4.90 Å². The Bertz CT molecular complexity index is 825. The molecule has 0 fully saturated rings. The zero-order valence-electron chi connectivity index (χ0n) is 12.9. The molecule has 0 bridgehead atoms. The lowest BCUT2D eigenvalue weighted by Crippen LogP contribution is -2.26. The van der Waals surface area contributed by atoms with Gasteiger partial charge in [-0.05, 0) is 43.3 Å².